The minimum atomic E-state index is -0.301. The predicted octanol–water partition coefficient (Wildman–Crippen LogP) is 3.18. The Morgan fingerprint density at radius 2 is 1.96 bits per heavy atom. The average Bonchev–Trinajstić information content (AvgIpc) is 2.59. The topological polar surface area (TPSA) is 87.1 Å². The number of phenols is 1. The van der Waals surface area contributed by atoms with Gasteiger partial charge >= 0.3 is 0 Å². The van der Waals surface area contributed by atoms with Crippen molar-refractivity contribution in [1.82, 2.24) is 9.97 Å². The number of anilines is 2. The van der Waals surface area contributed by atoms with Gasteiger partial charge in [-0.3, -0.25) is 4.79 Å². The fraction of sp³-hybridized carbons (Fsp3) is 0.353. The van der Waals surface area contributed by atoms with Crippen molar-refractivity contribution in [3.63, 3.8) is 0 Å². The molecule has 0 spiro atoms. The molecule has 1 aromatic heterocycles. The molecule has 2 aromatic rings. The number of hydrogen-bond acceptors (Lipinski definition) is 5. The summed E-state index contributed by atoms with van der Waals surface area (Å²) in [6.45, 7) is 0. The Hall–Kier alpha value is -2.63. The number of rotatable bonds is 4. The van der Waals surface area contributed by atoms with E-state index in [1.54, 1.807) is 24.3 Å². The first-order chi connectivity index (χ1) is 11.2. The number of nitrogens with zero attached hydrogens (tertiary/aromatic N) is 2. The van der Waals surface area contributed by atoms with Crippen LogP contribution in [0.4, 0.5) is 11.4 Å². The molecule has 3 rings (SSSR count). The van der Waals surface area contributed by atoms with Crippen molar-refractivity contribution >= 4 is 17.3 Å². The van der Waals surface area contributed by atoms with Gasteiger partial charge in [0.25, 0.3) is 5.91 Å². The van der Waals surface area contributed by atoms with Gasteiger partial charge in [-0.1, -0.05) is 19.3 Å². The van der Waals surface area contributed by atoms with E-state index in [9.17, 15) is 9.90 Å². The molecule has 1 aromatic carbocycles. The second-order valence-corrected chi connectivity index (χ2v) is 5.76. The monoisotopic (exact) mass is 312 g/mol. The summed E-state index contributed by atoms with van der Waals surface area (Å²) < 4.78 is 0. The van der Waals surface area contributed by atoms with Crippen LogP contribution in [0.3, 0.4) is 0 Å². The molecule has 1 aliphatic rings. The van der Waals surface area contributed by atoms with Crippen molar-refractivity contribution in [3.8, 4) is 5.75 Å². The van der Waals surface area contributed by atoms with Crippen LogP contribution in [0.5, 0.6) is 5.75 Å². The zero-order valence-electron chi connectivity index (χ0n) is 12.8. The summed E-state index contributed by atoms with van der Waals surface area (Å²) >= 11 is 0. The van der Waals surface area contributed by atoms with Crippen LogP contribution >= 0.6 is 0 Å². The van der Waals surface area contributed by atoms with Crippen molar-refractivity contribution in [1.29, 1.82) is 0 Å². The minimum Gasteiger partial charge on any atom is -0.508 e. The average molecular weight is 312 g/mol. The standard InChI is InChI=1S/C17H20N4O2/c22-13-6-7-14(21-17(23)15-8-9-18-11-19-15)16(10-13)20-12-4-2-1-3-5-12/h6-12,20,22H,1-5H2,(H,21,23). The largest absolute Gasteiger partial charge is 0.508 e. The van der Waals surface area contributed by atoms with Gasteiger partial charge in [0.15, 0.2) is 0 Å². The molecule has 0 bridgehead atoms. The third-order valence-electron chi connectivity index (χ3n) is 4.03. The molecule has 6 nitrogen and oxygen atoms in total. The van der Waals surface area contributed by atoms with Gasteiger partial charge in [0.1, 0.15) is 17.8 Å². The Bertz CT molecular complexity index is 670. The molecule has 0 atom stereocenters. The number of nitrogens with one attached hydrogen (secondary N) is 2. The number of hydrogen-bond donors (Lipinski definition) is 3. The highest BCUT2D eigenvalue weighted by Gasteiger charge is 2.16. The lowest BCUT2D eigenvalue weighted by molar-refractivity contribution is 0.102. The highest BCUT2D eigenvalue weighted by Crippen LogP contribution is 2.30. The number of aromatic hydroxyl groups is 1. The molecule has 120 valence electrons. The third-order valence-corrected chi connectivity index (χ3v) is 4.03. The van der Waals surface area contributed by atoms with Gasteiger partial charge in [0.05, 0.1) is 11.4 Å². The molecular weight excluding hydrogens is 292 g/mol. The Kier molecular flexibility index (Phi) is 4.71. The fourth-order valence-corrected chi connectivity index (χ4v) is 2.84. The number of amides is 1. The van der Waals surface area contributed by atoms with E-state index in [2.05, 4.69) is 20.6 Å². The van der Waals surface area contributed by atoms with E-state index in [-0.39, 0.29) is 11.7 Å². The Labute approximate surface area is 135 Å². The smallest absolute Gasteiger partial charge is 0.274 e. The first-order valence-corrected chi connectivity index (χ1v) is 7.89. The van der Waals surface area contributed by atoms with Crippen LogP contribution in [0.2, 0.25) is 0 Å². The molecule has 1 heterocycles. The van der Waals surface area contributed by atoms with Crippen LogP contribution in [0.1, 0.15) is 42.6 Å². The molecule has 0 saturated heterocycles. The maximum atomic E-state index is 12.3. The predicted molar refractivity (Wildman–Crippen MR) is 88.6 cm³/mol. The van der Waals surface area contributed by atoms with Crippen LogP contribution in [0, 0.1) is 0 Å². The van der Waals surface area contributed by atoms with E-state index >= 15 is 0 Å². The lowest BCUT2D eigenvalue weighted by Crippen LogP contribution is -2.23. The van der Waals surface area contributed by atoms with E-state index in [0.717, 1.165) is 18.5 Å². The first kappa shape index (κ1) is 15.3. The first-order valence-electron chi connectivity index (χ1n) is 7.89. The molecule has 6 heteroatoms. The van der Waals surface area contributed by atoms with Gasteiger partial charge in [0, 0.05) is 18.3 Å². The van der Waals surface area contributed by atoms with Crippen molar-refractivity contribution in [2.75, 3.05) is 10.6 Å². The summed E-state index contributed by atoms with van der Waals surface area (Å²) in [5, 5.41) is 16.0. The molecule has 1 aliphatic carbocycles. The molecule has 0 aliphatic heterocycles. The van der Waals surface area contributed by atoms with Gasteiger partial charge in [-0.15, -0.1) is 0 Å². The maximum absolute atomic E-state index is 12.3. The summed E-state index contributed by atoms with van der Waals surface area (Å²) in [6, 6.07) is 6.83. The molecule has 3 N–H and O–H groups in total. The number of aromatic nitrogens is 2. The summed E-state index contributed by atoms with van der Waals surface area (Å²) in [5.41, 5.74) is 1.67. The van der Waals surface area contributed by atoms with Crippen LogP contribution in [0.25, 0.3) is 0 Å². The second-order valence-electron chi connectivity index (χ2n) is 5.76. The number of benzene rings is 1. The Morgan fingerprint density at radius 3 is 2.70 bits per heavy atom. The maximum Gasteiger partial charge on any atom is 0.274 e. The molecule has 1 amide bonds. The normalized spacial score (nSPS) is 15.1. The minimum absolute atomic E-state index is 0.170. The van der Waals surface area contributed by atoms with Crippen molar-refractivity contribution < 1.29 is 9.90 Å². The molecule has 0 unspecified atom stereocenters. The molecule has 0 radical (unpaired) electrons. The lowest BCUT2D eigenvalue weighted by atomic mass is 9.95. The van der Waals surface area contributed by atoms with Gasteiger partial charge < -0.3 is 15.7 Å². The highest BCUT2D eigenvalue weighted by atomic mass is 16.3. The van der Waals surface area contributed by atoms with E-state index in [4.69, 9.17) is 0 Å². The zero-order valence-corrected chi connectivity index (χ0v) is 12.8. The molecular formula is C17H20N4O2. The van der Waals surface area contributed by atoms with E-state index < -0.39 is 0 Å². The van der Waals surface area contributed by atoms with Gasteiger partial charge in [0.2, 0.25) is 0 Å². The Morgan fingerprint density at radius 1 is 1.13 bits per heavy atom. The summed E-state index contributed by atoms with van der Waals surface area (Å²) in [6.07, 6.45) is 8.77. The summed E-state index contributed by atoms with van der Waals surface area (Å²) in [7, 11) is 0. The zero-order chi connectivity index (χ0) is 16.1. The number of carbonyl (C=O) groups excluding carboxylic acids is 1. The Balaban J connectivity index is 1.77. The number of phenolic OH excluding ortho intramolecular Hbond substituents is 1. The SMILES string of the molecule is O=C(Nc1ccc(O)cc1NC1CCCCC1)c1ccncn1. The quantitative estimate of drug-likeness (QED) is 0.755. The van der Waals surface area contributed by atoms with Gasteiger partial charge in [-0.2, -0.15) is 0 Å². The van der Waals surface area contributed by atoms with Crippen LogP contribution in [-0.2, 0) is 0 Å². The van der Waals surface area contributed by atoms with E-state index in [1.165, 1.54) is 31.8 Å². The van der Waals surface area contributed by atoms with Crippen LogP contribution < -0.4 is 10.6 Å². The summed E-state index contributed by atoms with van der Waals surface area (Å²) in [4.78, 5) is 20.0. The van der Waals surface area contributed by atoms with Gasteiger partial charge in [-0.05, 0) is 31.0 Å². The van der Waals surface area contributed by atoms with Crippen molar-refractivity contribution in [3.05, 3.63) is 42.5 Å². The second kappa shape index (κ2) is 7.09. The highest BCUT2D eigenvalue weighted by molar-refractivity contribution is 6.04. The lowest BCUT2D eigenvalue weighted by Gasteiger charge is -2.25. The van der Waals surface area contributed by atoms with Crippen molar-refractivity contribution in [2.24, 2.45) is 0 Å². The molecule has 23 heavy (non-hydrogen) atoms. The fourth-order valence-electron chi connectivity index (χ4n) is 2.84. The summed E-state index contributed by atoms with van der Waals surface area (Å²) in [5.74, 6) is -0.131. The van der Waals surface area contributed by atoms with Crippen LogP contribution in [-0.4, -0.2) is 27.0 Å². The molecule has 1 fully saturated rings. The van der Waals surface area contributed by atoms with Gasteiger partial charge in [-0.25, -0.2) is 9.97 Å². The van der Waals surface area contributed by atoms with Crippen molar-refractivity contribution in [2.45, 2.75) is 38.1 Å². The number of carbonyl (C=O) groups is 1. The van der Waals surface area contributed by atoms with E-state index in [1.807, 2.05) is 0 Å². The third kappa shape index (κ3) is 3.97. The van der Waals surface area contributed by atoms with E-state index in [0.29, 0.717) is 17.4 Å². The molecule has 1 saturated carbocycles. The van der Waals surface area contributed by atoms with Crippen LogP contribution in [0.15, 0.2) is 36.8 Å².